The SMILES string of the molecule is COC(=O)[C@@H]1N=C(c2ccccc2OC)O[C@@H]1C. The summed E-state index contributed by atoms with van der Waals surface area (Å²) in [6.45, 7) is 1.79. The average molecular weight is 249 g/mol. The molecule has 2 rings (SSSR count). The second kappa shape index (κ2) is 5.08. The van der Waals surface area contributed by atoms with Crippen LogP contribution in [0.5, 0.6) is 5.75 Å². The zero-order valence-electron chi connectivity index (χ0n) is 10.5. The minimum absolute atomic E-state index is 0.336. The highest BCUT2D eigenvalue weighted by Crippen LogP contribution is 2.25. The maximum atomic E-state index is 11.5. The van der Waals surface area contributed by atoms with Crippen LogP contribution in [0.15, 0.2) is 29.3 Å². The number of nitrogens with zero attached hydrogens (tertiary/aromatic N) is 1. The fraction of sp³-hybridized carbons (Fsp3) is 0.385. The van der Waals surface area contributed by atoms with E-state index in [1.54, 1.807) is 14.0 Å². The zero-order valence-corrected chi connectivity index (χ0v) is 10.5. The van der Waals surface area contributed by atoms with Crippen LogP contribution in [-0.2, 0) is 14.3 Å². The lowest BCUT2D eigenvalue weighted by Gasteiger charge is -2.11. The molecule has 0 bridgehead atoms. The molecule has 1 heterocycles. The summed E-state index contributed by atoms with van der Waals surface area (Å²) in [6.07, 6.45) is -0.336. The second-order valence-electron chi connectivity index (χ2n) is 3.93. The predicted octanol–water partition coefficient (Wildman–Crippen LogP) is 1.40. The van der Waals surface area contributed by atoms with E-state index in [9.17, 15) is 4.79 Å². The van der Waals surface area contributed by atoms with Gasteiger partial charge in [-0.2, -0.15) is 0 Å². The van der Waals surface area contributed by atoms with E-state index in [4.69, 9.17) is 9.47 Å². The number of para-hydroxylation sites is 1. The van der Waals surface area contributed by atoms with Crippen molar-refractivity contribution >= 4 is 11.9 Å². The van der Waals surface area contributed by atoms with Crippen molar-refractivity contribution < 1.29 is 19.0 Å². The Bertz CT molecular complexity index is 484. The summed E-state index contributed by atoms with van der Waals surface area (Å²) < 4.78 is 15.5. The number of aliphatic imine (C=N–C) groups is 1. The van der Waals surface area contributed by atoms with Gasteiger partial charge in [0.1, 0.15) is 11.9 Å². The Balaban J connectivity index is 2.32. The average Bonchev–Trinajstić information content (AvgIpc) is 2.79. The summed E-state index contributed by atoms with van der Waals surface area (Å²) in [6, 6.07) is 6.76. The topological polar surface area (TPSA) is 57.1 Å². The van der Waals surface area contributed by atoms with E-state index in [-0.39, 0.29) is 6.10 Å². The summed E-state index contributed by atoms with van der Waals surface area (Å²) in [5.74, 6) is 0.678. The fourth-order valence-corrected chi connectivity index (χ4v) is 1.82. The predicted molar refractivity (Wildman–Crippen MR) is 65.9 cm³/mol. The van der Waals surface area contributed by atoms with Gasteiger partial charge in [-0.3, -0.25) is 0 Å². The third kappa shape index (κ3) is 2.16. The molecule has 0 amide bonds. The van der Waals surface area contributed by atoms with Crippen LogP contribution in [0.1, 0.15) is 12.5 Å². The highest BCUT2D eigenvalue weighted by atomic mass is 16.5. The first-order valence-electron chi connectivity index (χ1n) is 5.63. The van der Waals surface area contributed by atoms with Gasteiger partial charge in [0, 0.05) is 0 Å². The first kappa shape index (κ1) is 12.4. The molecule has 5 heteroatoms. The molecule has 0 unspecified atom stereocenters. The molecule has 18 heavy (non-hydrogen) atoms. The first-order valence-corrected chi connectivity index (χ1v) is 5.63. The molecule has 2 atom stereocenters. The summed E-state index contributed by atoms with van der Waals surface area (Å²) in [7, 11) is 2.92. The molecule has 1 aliphatic rings. The lowest BCUT2D eigenvalue weighted by atomic mass is 10.2. The van der Waals surface area contributed by atoms with E-state index >= 15 is 0 Å². The molecule has 0 saturated carbocycles. The van der Waals surface area contributed by atoms with E-state index in [0.29, 0.717) is 11.6 Å². The van der Waals surface area contributed by atoms with Crippen LogP contribution in [0.4, 0.5) is 0 Å². The first-order chi connectivity index (χ1) is 8.67. The summed E-state index contributed by atoms with van der Waals surface area (Å²) in [5, 5.41) is 0. The van der Waals surface area contributed by atoms with Crippen LogP contribution in [0.3, 0.4) is 0 Å². The van der Waals surface area contributed by atoms with E-state index in [0.717, 1.165) is 5.56 Å². The highest BCUT2D eigenvalue weighted by Gasteiger charge is 2.35. The Kier molecular flexibility index (Phi) is 3.50. The molecule has 96 valence electrons. The molecular weight excluding hydrogens is 234 g/mol. The summed E-state index contributed by atoms with van der Waals surface area (Å²) in [4.78, 5) is 15.8. The maximum Gasteiger partial charge on any atom is 0.334 e. The molecule has 0 aliphatic carbocycles. The quantitative estimate of drug-likeness (QED) is 0.760. The van der Waals surface area contributed by atoms with Crippen LogP contribution in [-0.4, -0.2) is 38.2 Å². The molecule has 1 aromatic rings. The van der Waals surface area contributed by atoms with E-state index in [2.05, 4.69) is 9.73 Å². The lowest BCUT2D eigenvalue weighted by molar-refractivity contribution is -0.143. The van der Waals surface area contributed by atoms with Gasteiger partial charge in [0.2, 0.25) is 5.90 Å². The standard InChI is InChI=1S/C13H15NO4/c1-8-11(13(15)17-3)14-12(18-8)9-6-4-5-7-10(9)16-2/h4-8,11H,1-3H3/t8-,11-/m1/s1. The number of ether oxygens (including phenoxy) is 3. The molecule has 5 nitrogen and oxygen atoms in total. The van der Waals surface area contributed by atoms with Crippen LogP contribution >= 0.6 is 0 Å². The van der Waals surface area contributed by atoms with Crippen molar-refractivity contribution in [2.45, 2.75) is 19.1 Å². The fourth-order valence-electron chi connectivity index (χ4n) is 1.82. The highest BCUT2D eigenvalue weighted by molar-refractivity contribution is 6.00. The molecule has 0 fully saturated rings. The molecule has 1 aliphatic heterocycles. The van der Waals surface area contributed by atoms with Gasteiger partial charge in [-0.05, 0) is 19.1 Å². The Morgan fingerprint density at radius 3 is 2.72 bits per heavy atom. The van der Waals surface area contributed by atoms with Crippen LogP contribution in [0, 0.1) is 0 Å². The third-order valence-corrected chi connectivity index (χ3v) is 2.78. The smallest absolute Gasteiger partial charge is 0.334 e. The number of esters is 1. The monoisotopic (exact) mass is 249 g/mol. The van der Waals surface area contributed by atoms with Gasteiger partial charge in [-0.1, -0.05) is 12.1 Å². The van der Waals surface area contributed by atoms with Crippen molar-refractivity contribution in [1.82, 2.24) is 0 Å². The molecule has 0 saturated heterocycles. The van der Waals surface area contributed by atoms with Gasteiger partial charge in [-0.25, -0.2) is 9.79 Å². The van der Waals surface area contributed by atoms with Crippen molar-refractivity contribution in [2.24, 2.45) is 4.99 Å². The number of rotatable bonds is 3. The number of carbonyl (C=O) groups is 1. The minimum atomic E-state index is -0.616. The number of carbonyl (C=O) groups excluding carboxylic acids is 1. The third-order valence-electron chi connectivity index (χ3n) is 2.78. The van der Waals surface area contributed by atoms with Crippen molar-refractivity contribution in [3.63, 3.8) is 0 Å². The molecule has 0 aromatic heterocycles. The Labute approximate surface area is 105 Å². The number of benzene rings is 1. The van der Waals surface area contributed by atoms with E-state index in [1.165, 1.54) is 7.11 Å². The van der Waals surface area contributed by atoms with Gasteiger partial charge in [-0.15, -0.1) is 0 Å². The number of hydrogen-bond donors (Lipinski definition) is 0. The lowest BCUT2D eigenvalue weighted by Crippen LogP contribution is -2.28. The van der Waals surface area contributed by atoms with E-state index in [1.807, 2.05) is 24.3 Å². The summed E-state index contributed by atoms with van der Waals surface area (Å²) >= 11 is 0. The molecule has 0 radical (unpaired) electrons. The van der Waals surface area contributed by atoms with Crippen molar-refractivity contribution in [3.8, 4) is 5.75 Å². The summed E-state index contributed by atoms with van der Waals surface area (Å²) in [5.41, 5.74) is 0.734. The molecule has 0 N–H and O–H groups in total. The number of hydrogen-bond acceptors (Lipinski definition) is 5. The zero-order chi connectivity index (χ0) is 13.1. The van der Waals surface area contributed by atoms with Gasteiger partial charge >= 0.3 is 5.97 Å². The molecule has 1 aromatic carbocycles. The van der Waals surface area contributed by atoms with Crippen molar-refractivity contribution in [3.05, 3.63) is 29.8 Å². The van der Waals surface area contributed by atoms with Crippen LogP contribution in [0.25, 0.3) is 0 Å². The van der Waals surface area contributed by atoms with Crippen molar-refractivity contribution in [1.29, 1.82) is 0 Å². The number of methoxy groups -OCH3 is 2. The second-order valence-corrected chi connectivity index (χ2v) is 3.93. The normalized spacial score (nSPS) is 22.1. The minimum Gasteiger partial charge on any atom is -0.496 e. The van der Waals surface area contributed by atoms with Gasteiger partial charge in [0.15, 0.2) is 6.04 Å². The molecule has 0 spiro atoms. The van der Waals surface area contributed by atoms with Crippen molar-refractivity contribution in [2.75, 3.05) is 14.2 Å². The van der Waals surface area contributed by atoms with Gasteiger partial charge in [0.05, 0.1) is 19.8 Å². The van der Waals surface area contributed by atoms with Crippen LogP contribution in [0.2, 0.25) is 0 Å². The Hall–Kier alpha value is -2.04. The van der Waals surface area contributed by atoms with Crippen LogP contribution < -0.4 is 4.74 Å². The van der Waals surface area contributed by atoms with E-state index < -0.39 is 12.0 Å². The molecular formula is C13H15NO4. The largest absolute Gasteiger partial charge is 0.496 e. The maximum absolute atomic E-state index is 11.5. The Morgan fingerprint density at radius 2 is 2.06 bits per heavy atom. The Morgan fingerprint density at radius 1 is 1.33 bits per heavy atom. The van der Waals surface area contributed by atoms with Gasteiger partial charge < -0.3 is 14.2 Å². The van der Waals surface area contributed by atoms with Gasteiger partial charge in [0.25, 0.3) is 0 Å².